The minimum atomic E-state index is -1.03. The molecule has 7 heteroatoms. The first kappa shape index (κ1) is 11.9. The van der Waals surface area contributed by atoms with E-state index in [1.165, 1.54) is 6.07 Å². The molecule has 2 aromatic rings. The molecular weight excluding hydrogens is 234 g/mol. The number of carbonyl (C=O) groups is 1. The fourth-order valence-electron chi connectivity index (χ4n) is 1.53. The van der Waals surface area contributed by atoms with Crippen molar-refractivity contribution < 1.29 is 9.90 Å². The average Bonchev–Trinajstić information content (AvgIpc) is 2.73. The van der Waals surface area contributed by atoms with Gasteiger partial charge < -0.3 is 16.2 Å². The van der Waals surface area contributed by atoms with Crippen molar-refractivity contribution in [2.45, 2.75) is 6.54 Å². The fourth-order valence-corrected chi connectivity index (χ4v) is 1.53. The van der Waals surface area contributed by atoms with Gasteiger partial charge in [0.1, 0.15) is 6.33 Å². The van der Waals surface area contributed by atoms with Gasteiger partial charge in [-0.05, 0) is 18.2 Å². The van der Waals surface area contributed by atoms with E-state index in [4.69, 9.17) is 10.8 Å². The molecule has 0 saturated carbocycles. The number of hydrogen-bond acceptors (Lipinski definition) is 5. The van der Waals surface area contributed by atoms with Crippen LogP contribution in [0.3, 0.4) is 0 Å². The molecule has 2 rings (SSSR count). The zero-order valence-electron chi connectivity index (χ0n) is 9.79. The van der Waals surface area contributed by atoms with E-state index >= 15 is 0 Å². The molecule has 0 saturated heterocycles. The van der Waals surface area contributed by atoms with Gasteiger partial charge in [-0.2, -0.15) is 5.10 Å². The molecule has 0 aliphatic carbocycles. The van der Waals surface area contributed by atoms with Crippen molar-refractivity contribution >= 4 is 17.3 Å². The minimum Gasteiger partial charge on any atom is -0.478 e. The lowest BCUT2D eigenvalue weighted by Crippen LogP contribution is -2.08. The number of aryl methyl sites for hydroxylation is 1. The summed E-state index contributed by atoms with van der Waals surface area (Å²) in [6.07, 6.45) is 1.58. The van der Waals surface area contributed by atoms with Gasteiger partial charge in [0.25, 0.3) is 0 Å². The molecule has 7 nitrogen and oxygen atoms in total. The van der Waals surface area contributed by atoms with Crippen molar-refractivity contribution in [2.24, 2.45) is 7.05 Å². The van der Waals surface area contributed by atoms with E-state index < -0.39 is 5.97 Å². The fraction of sp³-hybridized carbons (Fsp3) is 0.182. The van der Waals surface area contributed by atoms with Gasteiger partial charge in [0, 0.05) is 18.4 Å². The maximum Gasteiger partial charge on any atom is 0.337 e. The normalized spacial score (nSPS) is 10.3. The smallest absolute Gasteiger partial charge is 0.337 e. The molecule has 0 bridgehead atoms. The van der Waals surface area contributed by atoms with Crippen molar-refractivity contribution in [1.82, 2.24) is 14.8 Å². The van der Waals surface area contributed by atoms with E-state index in [1.807, 2.05) is 0 Å². The third kappa shape index (κ3) is 2.57. The van der Waals surface area contributed by atoms with Gasteiger partial charge in [-0.25, -0.2) is 9.78 Å². The van der Waals surface area contributed by atoms with E-state index in [0.29, 0.717) is 23.7 Å². The number of rotatable bonds is 4. The molecule has 0 atom stereocenters. The summed E-state index contributed by atoms with van der Waals surface area (Å²) in [5, 5.41) is 16.1. The molecule has 0 aliphatic rings. The molecule has 0 spiro atoms. The third-order valence-corrected chi connectivity index (χ3v) is 2.36. The molecule has 4 N–H and O–H groups in total. The number of nitrogens with two attached hydrogens (primary N) is 1. The average molecular weight is 247 g/mol. The molecule has 94 valence electrons. The quantitative estimate of drug-likeness (QED) is 0.687. The highest BCUT2D eigenvalue weighted by atomic mass is 16.4. The van der Waals surface area contributed by atoms with Crippen LogP contribution in [0.15, 0.2) is 24.5 Å². The molecule has 18 heavy (non-hydrogen) atoms. The lowest BCUT2D eigenvalue weighted by atomic mass is 10.1. The second-order valence-corrected chi connectivity index (χ2v) is 3.80. The molecule has 1 aromatic carbocycles. The maximum absolute atomic E-state index is 11.1. The summed E-state index contributed by atoms with van der Waals surface area (Å²) in [5.41, 5.74) is 6.59. The number of carboxylic acids is 1. The van der Waals surface area contributed by atoms with E-state index in [2.05, 4.69) is 15.4 Å². The Kier molecular flexibility index (Phi) is 3.13. The van der Waals surface area contributed by atoms with Crippen molar-refractivity contribution in [3.63, 3.8) is 0 Å². The highest BCUT2D eigenvalue weighted by molar-refractivity contribution is 5.95. The van der Waals surface area contributed by atoms with Crippen LogP contribution in [0.25, 0.3) is 0 Å². The van der Waals surface area contributed by atoms with E-state index in [0.717, 1.165) is 0 Å². The summed E-state index contributed by atoms with van der Waals surface area (Å²) in [6, 6.07) is 4.68. The van der Waals surface area contributed by atoms with Gasteiger partial charge in [-0.15, -0.1) is 0 Å². The Morgan fingerprint density at radius 2 is 2.33 bits per heavy atom. The van der Waals surface area contributed by atoms with Crippen molar-refractivity contribution in [3.05, 3.63) is 35.9 Å². The highest BCUT2D eigenvalue weighted by Crippen LogP contribution is 2.19. The van der Waals surface area contributed by atoms with Crippen LogP contribution in [0, 0.1) is 0 Å². The Morgan fingerprint density at radius 1 is 1.56 bits per heavy atom. The largest absolute Gasteiger partial charge is 0.478 e. The summed E-state index contributed by atoms with van der Waals surface area (Å²) in [6.45, 7) is 0.352. The van der Waals surface area contributed by atoms with Gasteiger partial charge in [0.2, 0.25) is 0 Å². The van der Waals surface area contributed by atoms with Gasteiger partial charge in [-0.3, -0.25) is 4.68 Å². The van der Waals surface area contributed by atoms with Crippen LogP contribution in [0.4, 0.5) is 11.4 Å². The number of hydrogen-bond donors (Lipinski definition) is 3. The first-order chi connectivity index (χ1) is 8.56. The Hall–Kier alpha value is -2.57. The Labute approximate surface area is 103 Å². The summed E-state index contributed by atoms with van der Waals surface area (Å²) in [7, 11) is 1.77. The zero-order chi connectivity index (χ0) is 13.1. The molecule has 0 radical (unpaired) electrons. The van der Waals surface area contributed by atoms with Crippen LogP contribution in [0.5, 0.6) is 0 Å². The topological polar surface area (TPSA) is 106 Å². The van der Waals surface area contributed by atoms with Gasteiger partial charge in [0.05, 0.1) is 12.1 Å². The Morgan fingerprint density at radius 3 is 2.94 bits per heavy atom. The summed E-state index contributed by atoms with van der Waals surface area (Å²) >= 11 is 0. The Bertz CT molecular complexity index is 579. The standard InChI is InChI=1S/C11H13N5O2/c1-16-6-14-10(15-16)5-13-9-3-2-7(12)4-8(9)11(17)18/h2-4,6,13H,5,12H2,1H3,(H,17,18). The molecule has 0 unspecified atom stereocenters. The van der Waals surface area contributed by atoms with Crippen molar-refractivity contribution in [1.29, 1.82) is 0 Å². The van der Waals surface area contributed by atoms with Crippen LogP contribution < -0.4 is 11.1 Å². The molecule has 0 amide bonds. The number of benzene rings is 1. The van der Waals surface area contributed by atoms with Crippen LogP contribution >= 0.6 is 0 Å². The van der Waals surface area contributed by atoms with E-state index in [9.17, 15) is 4.79 Å². The number of nitrogen functional groups attached to an aromatic ring is 1. The predicted molar refractivity (Wildman–Crippen MR) is 66.1 cm³/mol. The number of anilines is 2. The van der Waals surface area contributed by atoms with Crippen LogP contribution in [-0.4, -0.2) is 25.8 Å². The van der Waals surface area contributed by atoms with Gasteiger partial charge in [0.15, 0.2) is 5.82 Å². The summed E-state index contributed by atoms with van der Waals surface area (Å²) in [4.78, 5) is 15.1. The second kappa shape index (κ2) is 4.74. The van der Waals surface area contributed by atoms with Gasteiger partial charge in [-0.1, -0.05) is 0 Å². The summed E-state index contributed by atoms with van der Waals surface area (Å²) in [5.74, 6) is -0.440. The number of aromatic nitrogens is 3. The molecule has 0 fully saturated rings. The minimum absolute atomic E-state index is 0.130. The van der Waals surface area contributed by atoms with Gasteiger partial charge >= 0.3 is 5.97 Å². The van der Waals surface area contributed by atoms with E-state index in [1.54, 1.807) is 30.2 Å². The lowest BCUT2D eigenvalue weighted by Gasteiger charge is -2.08. The Balaban J connectivity index is 2.16. The first-order valence-corrected chi connectivity index (χ1v) is 5.27. The second-order valence-electron chi connectivity index (χ2n) is 3.80. The number of aromatic carboxylic acids is 1. The van der Waals surface area contributed by atoms with E-state index in [-0.39, 0.29) is 5.56 Å². The molecule has 0 aliphatic heterocycles. The lowest BCUT2D eigenvalue weighted by molar-refractivity contribution is 0.0698. The van der Waals surface area contributed by atoms with Crippen LogP contribution in [0.1, 0.15) is 16.2 Å². The van der Waals surface area contributed by atoms with Crippen molar-refractivity contribution in [2.75, 3.05) is 11.1 Å². The van der Waals surface area contributed by atoms with Crippen molar-refractivity contribution in [3.8, 4) is 0 Å². The highest BCUT2D eigenvalue weighted by Gasteiger charge is 2.10. The SMILES string of the molecule is Cn1cnc(CNc2ccc(N)cc2C(=O)O)n1. The molecular formula is C11H13N5O2. The molecule has 1 heterocycles. The van der Waals surface area contributed by atoms with Crippen LogP contribution in [0.2, 0.25) is 0 Å². The third-order valence-electron chi connectivity index (χ3n) is 2.36. The monoisotopic (exact) mass is 247 g/mol. The first-order valence-electron chi connectivity index (χ1n) is 5.27. The number of carboxylic acid groups (broad SMARTS) is 1. The predicted octanol–water partition coefficient (Wildman–Crippen LogP) is 0.708. The summed E-state index contributed by atoms with van der Waals surface area (Å²) < 4.78 is 1.58. The zero-order valence-corrected chi connectivity index (χ0v) is 9.79. The number of nitrogens with one attached hydrogen (secondary N) is 1. The molecule has 1 aromatic heterocycles. The van der Waals surface area contributed by atoms with Crippen LogP contribution in [-0.2, 0) is 13.6 Å². The number of nitrogens with zero attached hydrogens (tertiary/aromatic N) is 3. The maximum atomic E-state index is 11.1.